The van der Waals surface area contributed by atoms with Crippen LogP contribution in [0.25, 0.3) is 0 Å². The van der Waals surface area contributed by atoms with Crippen molar-refractivity contribution in [3.05, 3.63) is 46.2 Å². The van der Waals surface area contributed by atoms with Crippen molar-refractivity contribution in [1.82, 2.24) is 14.5 Å². The number of hydrogen-bond acceptors (Lipinski definition) is 3. The van der Waals surface area contributed by atoms with Gasteiger partial charge in [0.05, 0.1) is 10.6 Å². The second kappa shape index (κ2) is 6.07. The van der Waals surface area contributed by atoms with E-state index in [1.165, 1.54) is 0 Å². The number of benzene rings is 1. The number of aryl methyl sites for hydroxylation is 2. The van der Waals surface area contributed by atoms with Crippen LogP contribution in [-0.4, -0.2) is 24.7 Å². The molecule has 0 amide bonds. The molecular weight excluding hydrogens is 342 g/mol. The van der Waals surface area contributed by atoms with Crippen LogP contribution in [0, 0.1) is 6.92 Å². The largest absolute Gasteiger partial charge is 0.276 e. The Hall–Kier alpha value is -1.18. The van der Waals surface area contributed by atoms with Gasteiger partial charge in [0, 0.05) is 30.7 Å². The minimum absolute atomic E-state index is 0.254. The minimum Gasteiger partial charge on any atom is -0.276 e. The van der Waals surface area contributed by atoms with Gasteiger partial charge in [-0.05, 0) is 46.6 Å². The molecule has 0 saturated carbocycles. The quantitative estimate of drug-likeness (QED) is 0.889. The van der Waals surface area contributed by atoms with Crippen molar-refractivity contribution in [3.63, 3.8) is 0 Å². The summed E-state index contributed by atoms with van der Waals surface area (Å²) < 4.78 is 29.2. The Kier molecular flexibility index (Phi) is 4.62. The lowest BCUT2D eigenvalue weighted by Gasteiger charge is -2.08. The minimum atomic E-state index is -3.50. The summed E-state index contributed by atoms with van der Waals surface area (Å²) in [5, 5.41) is 4.20. The first-order valence-electron chi connectivity index (χ1n) is 6.13. The maximum atomic E-state index is 12.2. The average Bonchev–Trinajstić information content (AvgIpc) is 2.74. The fourth-order valence-corrected chi connectivity index (χ4v) is 4.03. The molecule has 0 bridgehead atoms. The Bertz CT molecular complexity index is 710. The summed E-state index contributed by atoms with van der Waals surface area (Å²) in [6.07, 6.45) is 2.39. The zero-order valence-corrected chi connectivity index (χ0v) is 13.7. The second-order valence-electron chi connectivity index (χ2n) is 4.56. The summed E-state index contributed by atoms with van der Waals surface area (Å²) in [6, 6.07) is 7.03. The smallest absolute Gasteiger partial charge is 0.241 e. The lowest BCUT2D eigenvalue weighted by Crippen LogP contribution is -2.26. The first-order valence-corrected chi connectivity index (χ1v) is 8.40. The molecule has 1 heterocycles. The molecule has 1 aromatic carbocycles. The van der Waals surface area contributed by atoms with Crippen LogP contribution < -0.4 is 4.72 Å². The first kappa shape index (κ1) is 15.2. The number of rotatable bonds is 5. The second-order valence-corrected chi connectivity index (χ2v) is 7.15. The molecule has 0 aliphatic heterocycles. The summed E-state index contributed by atoms with van der Waals surface area (Å²) in [5.74, 6) is 0. The Morgan fingerprint density at radius 3 is 2.70 bits per heavy atom. The fraction of sp³-hybridized carbons (Fsp3) is 0.308. The molecule has 0 spiro atoms. The van der Waals surface area contributed by atoms with E-state index in [1.807, 2.05) is 26.2 Å². The molecule has 2 rings (SSSR count). The zero-order chi connectivity index (χ0) is 14.8. The normalized spacial score (nSPS) is 11.8. The van der Waals surface area contributed by atoms with Crippen molar-refractivity contribution in [2.45, 2.75) is 18.2 Å². The Morgan fingerprint density at radius 1 is 1.35 bits per heavy atom. The maximum absolute atomic E-state index is 12.2. The average molecular weight is 358 g/mol. The van der Waals surface area contributed by atoms with Crippen LogP contribution in [0.4, 0.5) is 0 Å². The van der Waals surface area contributed by atoms with E-state index < -0.39 is 10.0 Å². The fourth-order valence-electron chi connectivity index (χ4n) is 1.81. The summed E-state index contributed by atoms with van der Waals surface area (Å²) in [5.41, 5.74) is 1.86. The number of hydrogen-bond donors (Lipinski definition) is 1. The first-order chi connectivity index (χ1) is 9.38. The predicted molar refractivity (Wildman–Crippen MR) is 81.0 cm³/mol. The molecule has 0 fully saturated rings. The third-order valence-corrected chi connectivity index (χ3v) is 5.26. The lowest BCUT2D eigenvalue weighted by atomic mass is 10.2. The van der Waals surface area contributed by atoms with Crippen LogP contribution in [0.3, 0.4) is 0 Å². The number of halogens is 1. The number of sulfonamides is 1. The van der Waals surface area contributed by atoms with Crippen LogP contribution in [0.15, 0.2) is 39.8 Å². The van der Waals surface area contributed by atoms with Gasteiger partial charge in [-0.1, -0.05) is 6.07 Å². The molecule has 108 valence electrons. The Balaban J connectivity index is 2.04. The third-order valence-electron chi connectivity index (χ3n) is 2.82. The van der Waals surface area contributed by atoms with E-state index in [4.69, 9.17) is 0 Å². The number of aromatic nitrogens is 2. The van der Waals surface area contributed by atoms with Gasteiger partial charge in [-0.2, -0.15) is 5.10 Å². The summed E-state index contributed by atoms with van der Waals surface area (Å²) in [4.78, 5) is 0.254. The van der Waals surface area contributed by atoms with Gasteiger partial charge in [-0.15, -0.1) is 0 Å². The Morgan fingerprint density at radius 2 is 2.10 bits per heavy atom. The van der Waals surface area contributed by atoms with Crippen molar-refractivity contribution in [2.24, 2.45) is 7.05 Å². The van der Waals surface area contributed by atoms with Crippen LogP contribution in [0.5, 0.6) is 0 Å². The molecule has 7 heteroatoms. The molecule has 0 radical (unpaired) electrons. The molecule has 1 N–H and O–H groups in total. The highest BCUT2D eigenvalue weighted by molar-refractivity contribution is 9.10. The van der Waals surface area contributed by atoms with E-state index >= 15 is 0 Å². The Labute approximate surface area is 127 Å². The standard InChI is InChI=1S/C13H16BrN3O2S/c1-10-3-4-13(12(14)9-10)20(18,19)15-7-5-11-6-8-17(2)16-11/h3-4,6,8-9,15H,5,7H2,1-2H3. The highest BCUT2D eigenvalue weighted by atomic mass is 79.9. The molecule has 0 aliphatic carbocycles. The van der Waals surface area contributed by atoms with Crippen LogP contribution >= 0.6 is 15.9 Å². The van der Waals surface area contributed by atoms with Crippen molar-refractivity contribution in [3.8, 4) is 0 Å². The summed E-state index contributed by atoms with van der Waals surface area (Å²) in [7, 11) is -1.67. The molecule has 0 aliphatic rings. The van der Waals surface area contributed by atoms with E-state index in [-0.39, 0.29) is 4.90 Å². The molecule has 0 saturated heterocycles. The molecule has 1 aromatic heterocycles. The summed E-state index contributed by atoms with van der Waals surface area (Å²) >= 11 is 3.29. The van der Waals surface area contributed by atoms with Crippen molar-refractivity contribution in [1.29, 1.82) is 0 Å². The van der Waals surface area contributed by atoms with Crippen LogP contribution in [0.2, 0.25) is 0 Å². The highest BCUT2D eigenvalue weighted by Gasteiger charge is 2.17. The summed E-state index contributed by atoms with van der Waals surface area (Å²) in [6.45, 7) is 2.23. The molecule has 0 atom stereocenters. The number of nitrogens with zero attached hydrogens (tertiary/aromatic N) is 2. The van der Waals surface area contributed by atoms with E-state index in [0.717, 1.165) is 11.3 Å². The van der Waals surface area contributed by atoms with Gasteiger partial charge in [0.25, 0.3) is 0 Å². The van der Waals surface area contributed by atoms with E-state index in [9.17, 15) is 8.42 Å². The van der Waals surface area contributed by atoms with Gasteiger partial charge in [0.15, 0.2) is 0 Å². The van der Waals surface area contributed by atoms with Crippen molar-refractivity contribution < 1.29 is 8.42 Å². The van der Waals surface area contributed by atoms with Gasteiger partial charge in [0.1, 0.15) is 0 Å². The zero-order valence-electron chi connectivity index (χ0n) is 11.3. The molecular formula is C13H16BrN3O2S. The van der Waals surface area contributed by atoms with Gasteiger partial charge in [-0.25, -0.2) is 13.1 Å². The van der Waals surface area contributed by atoms with Crippen LogP contribution in [0.1, 0.15) is 11.3 Å². The molecule has 5 nitrogen and oxygen atoms in total. The van der Waals surface area contributed by atoms with Gasteiger partial charge in [0.2, 0.25) is 10.0 Å². The molecule has 0 unspecified atom stereocenters. The van der Waals surface area contributed by atoms with Gasteiger partial charge in [-0.3, -0.25) is 4.68 Å². The third kappa shape index (κ3) is 3.68. The van der Waals surface area contributed by atoms with E-state index in [2.05, 4.69) is 25.8 Å². The molecule has 2 aromatic rings. The monoisotopic (exact) mass is 357 g/mol. The predicted octanol–water partition coefficient (Wildman–Crippen LogP) is 2.01. The van der Waals surface area contributed by atoms with E-state index in [0.29, 0.717) is 17.4 Å². The van der Waals surface area contributed by atoms with Crippen molar-refractivity contribution in [2.75, 3.05) is 6.54 Å². The topological polar surface area (TPSA) is 64.0 Å². The van der Waals surface area contributed by atoms with Crippen molar-refractivity contribution >= 4 is 26.0 Å². The highest BCUT2D eigenvalue weighted by Crippen LogP contribution is 2.22. The lowest BCUT2D eigenvalue weighted by molar-refractivity contribution is 0.580. The van der Waals surface area contributed by atoms with Gasteiger partial charge < -0.3 is 0 Å². The maximum Gasteiger partial charge on any atom is 0.241 e. The SMILES string of the molecule is Cc1ccc(S(=O)(=O)NCCc2ccn(C)n2)c(Br)c1. The van der Waals surface area contributed by atoms with Crippen LogP contribution in [-0.2, 0) is 23.5 Å². The number of nitrogens with one attached hydrogen (secondary N) is 1. The molecule has 20 heavy (non-hydrogen) atoms. The van der Waals surface area contributed by atoms with Gasteiger partial charge >= 0.3 is 0 Å². The van der Waals surface area contributed by atoms with E-state index in [1.54, 1.807) is 22.9 Å².